The number of rotatable bonds is 4. The molecule has 0 saturated carbocycles. The Morgan fingerprint density at radius 1 is 1.58 bits per heavy atom. The van der Waals surface area contributed by atoms with Crippen molar-refractivity contribution in [2.24, 2.45) is 5.92 Å². The molecule has 1 saturated heterocycles. The highest BCUT2D eigenvalue weighted by Crippen LogP contribution is 2.41. The number of allylic oxidation sites excluding steroid dienone is 1. The van der Waals surface area contributed by atoms with Crippen LogP contribution in [0.5, 0.6) is 0 Å². The Morgan fingerprint density at radius 2 is 2.32 bits per heavy atom. The van der Waals surface area contributed by atoms with E-state index in [1.165, 1.54) is 0 Å². The van der Waals surface area contributed by atoms with Gasteiger partial charge in [0.05, 0.1) is 31.8 Å². The zero-order chi connectivity index (χ0) is 13.7. The second-order valence-corrected chi connectivity index (χ2v) is 4.73. The molecule has 2 aliphatic rings. The molecule has 19 heavy (non-hydrogen) atoms. The van der Waals surface area contributed by atoms with E-state index >= 15 is 0 Å². The fraction of sp³-hybridized carbons (Fsp3) is 0.714. The first-order valence-electron chi connectivity index (χ1n) is 6.73. The van der Waals surface area contributed by atoms with Crippen LogP contribution in [0.3, 0.4) is 0 Å². The van der Waals surface area contributed by atoms with Crippen molar-refractivity contribution in [3.63, 3.8) is 0 Å². The van der Waals surface area contributed by atoms with Gasteiger partial charge < -0.3 is 14.2 Å². The molecule has 5 heteroatoms. The molecule has 1 aliphatic heterocycles. The number of nitrogens with zero attached hydrogens (tertiary/aromatic N) is 1. The summed E-state index contributed by atoms with van der Waals surface area (Å²) in [6, 6.07) is 2.13. The Hall–Kier alpha value is -1.38. The van der Waals surface area contributed by atoms with Gasteiger partial charge in [0.1, 0.15) is 0 Å². The van der Waals surface area contributed by atoms with Crippen molar-refractivity contribution >= 4 is 5.97 Å². The normalized spacial score (nSPS) is 24.8. The van der Waals surface area contributed by atoms with E-state index in [1.54, 1.807) is 6.92 Å². The Labute approximate surface area is 113 Å². The monoisotopic (exact) mass is 265 g/mol. The van der Waals surface area contributed by atoms with E-state index in [9.17, 15) is 4.79 Å². The van der Waals surface area contributed by atoms with Crippen LogP contribution in [0.25, 0.3) is 0 Å². The SMILES string of the molecule is CCOC(=O)C1CC=C(CCC#N)C2(C1)OCCO2. The molecule has 0 radical (unpaired) electrons. The molecule has 0 aromatic heterocycles. The van der Waals surface area contributed by atoms with Crippen molar-refractivity contribution in [2.45, 2.75) is 38.4 Å². The van der Waals surface area contributed by atoms with E-state index in [-0.39, 0.29) is 11.9 Å². The van der Waals surface area contributed by atoms with Gasteiger partial charge >= 0.3 is 5.97 Å². The molecule has 0 aromatic carbocycles. The van der Waals surface area contributed by atoms with E-state index in [4.69, 9.17) is 19.5 Å². The van der Waals surface area contributed by atoms with Crippen LogP contribution in [0.4, 0.5) is 0 Å². The topological polar surface area (TPSA) is 68.6 Å². The first-order chi connectivity index (χ1) is 9.22. The van der Waals surface area contributed by atoms with Crippen LogP contribution in [0.2, 0.25) is 0 Å². The van der Waals surface area contributed by atoms with Gasteiger partial charge in [0.15, 0.2) is 5.79 Å². The van der Waals surface area contributed by atoms with E-state index in [1.807, 2.05) is 6.08 Å². The standard InChI is InChI=1S/C14H19NO4/c1-2-17-13(16)11-5-6-12(4-3-7-15)14(10-11)18-8-9-19-14/h6,11H,2-5,8-10H2,1H3. The third kappa shape index (κ3) is 2.96. The molecule has 0 bridgehead atoms. The van der Waals surface area contributed by atoms with Crippen LogP contribution >= 0.6 is 0 Å². The fourth-order valence-electron chi connectivity index (χ4n) is 2.66. The second-order valence-electron chi connectivity index (χ2n) is 4.73. The molecule has 1 unspecified atom stereocenters. The van der Waals surface area contributed by atoms with Crippen molar-refractivity contribution in [3.8, 4) is 6.07 Å². The third-order valence-corrected chi connectivity index (χ3v) is 3.53. The molecule has 0 aromatic rings. The average molecular weight is 265 g/mol. The number of esters is 1. The smallest absolute Gasteiger partial charge is 0.309 e. The number of hydrogen-bond donors (Lipinski definition) is 0. The summed E-state index contributed by atoms with van der Waals surface area (Å²) in [5.74, 6) is -1.22. The fourth-order valence-corrected chi connectivity index (χ4v) is 2.66. The summed E-state index contributed by atoms with van der Waals surface area (Å²) in [7, 11) is 0. The summed E-state index contributed by atoms with van der Waals surface area (Å²) < 4.78 is 16.6. The van der Waals surface area contributed by atoms with Crippen molar-refractivity contribution in [1.82, 2.24) is 0 Å². The van der Waals surface area contributed by atoms with Gasteiger partial charge in [0.2, 0.25) is 0 Å². The Kier molecular flexibility index (Phi) is 4.56. The van der Waals surface area contributed by atoms with Gasteiger partial charge in [-0.1, -0.05) is 6.08 Å². The zero-order valence-corrected chi connectivity index (χ0v) is 11.2. The molecule has 1 heterocycles. The molecular weight excluding hydrogens is 246 g/mol. The predicted molar refractivity (Wildman–Crippen MR) is 66.9 cm³/mol. The molecule has 1 fully saturated rings. The predicted octanol–water partition coefficient (Wildman–Crippen LogP) is 1.93. The van der Waals surface area contributed by atoms with E-state index in [0.29, 0.717) is 45.5 Å². The van der Waals surface area contributed by atoms with Gasteiger partial charge in [-0.3, -0.25) is 4.79 Å². The molecule has 1 aliphatic carbocycles. The maximum Gasteiger partial charge on any atom is 0.309 e. The van der Waals surface area contributed by atoms with Crippen molar-refractivity contribution < 1.29 is 19.0 Å². The highest BCUT2D eigenvalue weighted by atomic mass is 16.7. The molecule has 0 N–H and O–H groups in total. The maximum absolute atomic E-state index is 11.8. The number of ether oxygens (including phenoxy) is 3. The number of carbonyl (C=O) groups is 1. The molecule has 1 atom stereocenters. The average Bonchev–Trinajstić information content (AvgIpc) is 2.86. The first-order valence-corrected chi connectivity index (χ1v) is 6.73. The van der Waals surface area contributed by atoms with Gasteiger partial charge in [0.25, 0.3) is 0 Å². The molecular formula is C14H19NO4. The van der Waals surface area contributed by atoms with Gasteiger partial charge in [-0.15, -0.1) is 0 Å². The summed E-state index contributed by atoms with van der Waals surface area (Å²) >= 11 is 0. The Bertz CT molecular complexity index is 404. The lowest BCUT2D eigenvalue weighted by atomic mass is 9.83. The summed E-state index contributed by atoms with van der Waals surface area (Å²) in [5, 5.41) is 8.71. The highest BCUT2D eigenvalue weighted by Gasteiger charge is 2.46. The van der Waals surface area contributed by atoms with Gasteiger partial charge in [-0.05, 0) is 25.3 Å². The van der Waals surface area contributed by atoms with Crippen LogP contribution in [0.15, 0.2) is 11.6 Å². The molecule has 1 spiro atoms. The Balaban J connectivity index is 2.12. The van der Waals surface area contributed by atoms with Crippen molar-refractivity contribution in [2.75, 3.05) is 19.8 Å². The zero-order valence-electron chi connectivity index (χ0n) is 11.2. The lowest BCUT2D eigenvalue weighted by Crippen LogP contribution is -2.40. The number of hydrogen-bond acceptors (Lipinski definition) is 5. The second kappa shape index (κ2) is 6.18. The number of carbonyl (C=O) groups excluding carboxylic acids is 1. The minimum atomic E-state index is -0.799. The van der Waals surface area contributed by atoms with Crippen LogP contribution < -0.4 is 0 Å². The minimum absolute atomic E-state index is 0.198. The minimum Gasteiger partial charge on any atom is -0.466 e. The first kappa shape index (κ1) is 14.0. The van der Waals surface area contributed by atoms with Gasteiger partial charge in [0, 0.05) is 12.8 Å². The van der Waals surface area contributed by atoms with Crippen molar-refractivity contribution in [3.05, 3.63) is 11.6 Å². The van der Waals surface area contributed by atoms with E-state index in [2.05, 4.69) is 6.07 Å². The van der Waals surface area contributed by atoms with E-state index < -0.39 is 5.79 Å². The molecule has 104 valence electrons. The van der Waals surface area contributed by atoms with E-state index in [0.717, 1.165) is 5.57 Å². The highest BCUT2D eigenvalue weighted by molar-refractivity contribution is 5.73. The van der Waals surface area contributed by atoms with Crippen LogP contribution in [-0.2, 0) is 19.0 Å². The number of nitriles is 1. The van der Waals surface area contributed by atoms with Crippen LogP contribution in [0, 0.1) is 17.2 Å². The lowest BCUT2D eigenvalue weighted by molar-refractivity contribution is -0.167. The summed E-state index contributed by atoms with van der Waals surface area (Å²) in [4.78, 5) is 11.8. The third-order valence-electron chi connectivity index (χ3n) is 3.53. The van der Waals surface area contributed by atoms with Gasteiger partial charge in [-0.25, -0.2) is 0 Å². The summed E-state index contributed by atoms with van der Waals surface area (Å²) in [6.07, 6.45) is 4.17. The molecule has 2 rings (SSSR count). The van der Waals surface area contributed by atoms with Crippen LogP contribution in [-0.4, -0.2) is 31.6 Å². The van der Waals surface area contributed by atoms with Crippen LogP contribution in [0.1, 0.15) is 32.6 Å². The quantitative estimate of drug-likeness (QED) is 0.574. The summed E-state index contributed by atoms with van der Waals surface area (Å²) in [5.41, 5.74) is 0.993. The largest absolute Gasteiger partial charge is 0.466 e. The Morgan fingerprint density at radius 3 is 2.95 bits per heavy atom. The molecule has 0 amide bonds. The van der Waals surface area contributed by atoms with Gasteiger partial charge in [-0.2, -0.15) is 5.26 Å². The maximum atomic E-state index is 11.8. The molecule has 5 nitrogen and oxygen atoms in total. The van der Waals surface area contributed by atoms with Crippen molar-refractivity contribution in [1.29, 1.82) is 5.26 Å². The summed E-state index contributed by atoms with van der Waals surface area (Å²) in [6.45, 7) is 3.24. The lowest BCUT2D eigenvalue weighted by Gasteiger charge is -2.36.